The number of methoxy groups -OCH3 is 1. The fourth-order valence-electron chi connectivity index (χ4n) is 8.12. The first-order valence-electron chi connectivity index (χ1n) is 11.9. The zero-order valence-electron chi connectivity index (χ0n) is 18.0. The van der Waals surface area contributed by atoms with Crippen LogP contribution in [0.15, 0.2) is 0 Å². The number of fused-ring (bicyclic) bond motifs is 5. The van der Waals surface area contributed by atoms with Crippen LogP contribution in [0.5, 0.6) is 0 Å². The topological polar surface area (TPSA) is 9.23 Å². The predicted octanol–water partition coefficient (Wildman–Crippen LogP) is 6.52. The average molecular weight is 358 g/mol. The van der Waals surface area contributed by atoms with Gasteiger partial charge in [-0.15, -0.1) is 0 Å². The summed E-state index contributed by atoms with van der Waals surface area (Å²) in [6.45, 7) is 7.64. The minimum absolute atomic E-state index is 0.626. The van der Waals surface area contributed by atoms with Crippen molar-refractivity contribution in [2.75, 3.05) is 13.7 Å². The standard InChI is InChI=1S/C22H37BO.C2H6/c1-22-11-9-19-18-6-3-15(14-24-2)13-16(18)4-7-20(19)21(22)8-5-17(22)10-12-23;1-2/h15-21H,3-14H2,1-2H3;1-2H3. The van der Waals surface area contributed by atoms with Crippen LogP contribution in [0.4, 0.5) is 0 Å². The molecule has 1 nitrogen and oxygen atoms in total. The van der Waals surface area contributed by atoms with Crippen LogP contribution in [0.25, 0.3) is 0 Å². The maximum absolute atomic E-state index is 5.94. The molecule has 2 radical (unpaired) electrons. The van der Waals surface area contributed by atoms with Gasteiger partial charge in [-0.25, -0.2) is 0 Å². The molecule has 0 aromatic heterocycles. The molecule has 0 N–H and O–H groups in total. The van der Waals surface area contributed by atoms with Gasteiger partial charge >= 0.3 is 0 Å². The van der Waals surface area contributed by atoms with E-state index in [0.29, 0.717) is 5.41 Å². The Kier molecular flexibility index (Phi) is 7.20. The van der Waals surface area contributed by atoms with E-state index in [1.165, 1.54) is 64.2 Å². The second-order valence-electron chi connectivity index (χ2n) is 9.97. The quantitative estimate of drug-likeness (QED) is 0.520. The van der Waals surface area contributed by atoms with Crippen molar-refractivity contribution < 1.29 is 4.74 Å². The molecule has 0 bridgehead atoms. The molecule has 26 heavy (non-hydrogen) atoms. The van der Waals surface area contributed by atoms with Gasteiger partial charge in [-0.3, -0.25) is 0 Å². The van der Waals surface area contributed by atoms with E-state index in [0.717, 1.165) is 54.4 Å². The molecular formula is C24H43BO. The highest BCUT2D eigenvalue weighted by Crippen LogP contribution is 2.65. The molecule has 8 unspecified atom stereocenters. The summed E-state index contributed by atoms with van der Waals surface area (Å²) in [5.41, 5.74) is 0.626. The van der Waals surface area contributed by atoms with Crippen molar-refractivity contribution in [2.45, 2.75) is 91.3 Å². The van der Waals surface area contributed by atoms with Crippen LogP contribution >= 0.6 is 0 Å². The summed E-state index contributed by atoms with van der Waals surface area (Å²) in [5.74, 6) is 6.96. The minimum Gasteiger partial charge on any atom is -0.384 e. The Balaban J connectivity index is 0.000000948. The predicted molar refractivity (Wildman–Crippen MR) is 112 cm³/mol. The normalized spacial score (nSPS) is 47.2. The Morgan fingerprint density at radius 1 is 0.923 bits per heavy atom. The Morgan fingerprint density at radius 3 is 2.42 bits per heavy atom. The Bertz CT molecular complexity index is 438. The van der Waals surface area contributed by atoms with E-state index in [9.17, 15) is 0 Å². The van der Waals surface area contributed by atoms with Crippen LogP contribution in [0.2, 0.25) is 6.32 Å². The Labute approximate surface area is 164 Å². The maximum atomic E-state index is 5.94. The third kappa shape index (κ3) is 3.66. The van der Waals surface area contributed by atoms with Gasteiger partial charge in [0.1, 0.15) is 0 Å². The lowest BCUT2D eigenvalue weighted by atomic mass is 9.49. The van der Waals surface area contributed by atoms with Gasteiger partial charge in [0.15, 0.2) is 0 Å². The van der Waals surface area contributed by atoms with Crippen molar-refractivity contribution >= 4 is 7.85 Å². The molecule has 4 fully saturated rings. The summed E-state index contributed by atoms with van der Waals surface area (Å²) >= 11 is 0. The molecule has 2 heteroatoms. The zero-order chi connectivity index (χ0) is 18.7. The van der Waals surface area contributed by atoms with E-state index in [-0.39, 0.29) is 0 Å². The summed E-state index contributed by atoms with van der Waals surface area (Å²) in [5, 5.41) is 0. The van der Waals surface area contributed by atoms with Gasteiger partial charge in [0.05, 0.1) is 7.85 Å². The lowest BCUT2D eigenvalue weighted by Crippen LogP contribution is -2.48. The smallest absolute Gasteiger partial charge is 0.0653 e. The molecule has 0 heterocycles. The zero-order valence-corrected chi connectivity index (χ0v) is 18.0. The number of hydrogen-bond acceptors (Lipinski definition) is 1. The lowest BCUT2D eigenvalue weighted by Gasteiger charge is -2.56. The minimum atomic E-state index is 0.626. The first kappa shape index (κ1) is 20.8. The van der Waals surface area contributed by atoms with Crippen LogP contribution in [-0.4, -0.2) is 21.6 Å². The van der Waals surface area contributed by atoms with E-state index in [1.54, 1.807) is 0 Å². The van der Waals surface area contributed by atoms with Crippen LogP contribution < -0.4 is 0 Å². The second-order valence-corrected chi connectivity index (χ2v) is 9.97. The number of rotatable bonds is 4. The van der Waals surface area contributed by atoms with E-state index < -0.39 is 0 Å². The van der Waals surface area contributed by atoms with Crippen molar-refractivity contribution in [3.05, 3.63) is 0 Å². The van der Waals surface area contributed by atoms with Crippen molar-refractivity contribution in [2.24, 2.45) is 46.8 Å². The summed E-state index contributed by atoms with van der Waals surface area (Å²) in [6, 6.07) is 0. The molecule has 0 aromatic carbocycles. The fourth-order valence-corrected chi connectivity index (χ4v) is 8.12. The highest BCUT2D eigenvalue weighted by Gasteiger charge is 2.56. The van der Waals surface area contributed by atoms with Gasteiger partial charge < -0.3 is 4.74 Å². The lowest BCUT2D eigenvalue weighted by molar-refractivity contribution is -0.0719. The molecule has 0 saturated heterocycles. The van der Waals surface area contributed by atoms with Gasteiger partial charge in [-0.05, 0) is 105 Å². The van der Waals surface area contributed by atoms with E-state index in [4.69, 9.17) is 12.6 Å². The molecule has 4 aliphatic rings. The van der Waals surface area contributed by atoms with Crippen molar-refractivity contribution in [1.82, 2.24) is 0 Å². The molecule has 0 aliphatic heterocycles. The molecule has 8 atom stereocenters. The average Bonchev–Trinajstić information content (AvgIpc) is 3.00. The van der Waals surface area contributed by atoms with Gasteiger partial charge in [0.25, 0.3) is 0 Å². The molecule has 0 aromatic rings. The van der Waals surface area contributed by atoms with Crippen LogP contribution in [0, 0.1) is 46.8 Å². The van der Waals surface area contributed by atoms with Crippen LogP contribution in [-0.2, 0) is 4.74 Å². The Morgan fingerprint density at radius 2 is 1.69 bits per heavy atom. The summed E-state index contributed by atoms with van der Waals surface area (Å²) in [7, 11) is 7.81. The van der Waals surface area contributed by atoms with Crippen LogP contribution in [0.1, 0.15) is 85.0 Å². The van der Waals surface area contributed by atoms with E-state index in [2.05, 4.69) is 6.92 Å². The first-order valence-corrected chi connectivity index (χ1v) is 11.9. The van der Waals surface area contributed by atoms with Crippen molar-refractivity contribution in [3.8, 4) is 0 Å². The van der Waals surface area contributed by atoms with Crippen molar-refractivity contribution in [1.29, 1.82) is 0 Å². The molecular weight excluding hydrogens is 315 g/mol. The molecule has 4 aliphatic carbocycles. The van der Waals surface area contributed by atoms with E-state index >= 15 is 0 Å². The van der Waals surface area contributed by atoms with Gasteiger partial charge in [-0.2, -0.15) is 0 Å². The SMILES string of the molecule is CC.[B]CCC1CCC2C3CCC4CC(COC)CCC4C3CCC12C. The van der Waals surface area contributed by atoms with Gasteiger partial charge in [-0.1, -0.05) is 33.5 Å². The molecule has 148 valence electrons. The summed E-state index contributed by atoms with van der Waals surface area (Å²) in [6.07, 6.45) is 15.6. The fraction of sp³-hybridized carbons (Fsp3) is 1.00. The summed E-state index contributed by atoms with van der Waals surface area (Å²) < 4.78 is 5.46. The molecule has 4 rings (SSSR count). The molecule has 0 spiro atoms. The third-order valence-corrected chi connectivity index (χ3v) is 9.18. The first-order chi connectivity index (χ1) is 12.7. The van der Waals surface area contributed by atoms with Crippen molar-refractivity contribution in [3.63, 3.8) is 0 Å². The molecule has 0 amide bonds. The number of hydrogen-bond donors (Lipinski definition) is 0. The highest BCUT2D eigenvalue weighted by molar-refractivity contribution is 6.08. The monoisotopic (exact) mass is 358 g/mol. The Hall–Kier alpha value is 0.0249. The van der Waals surface area contributed by atoms with Gasteiger partial charge in [0, 0.05) is 13.7 Å². The highest BCUT2D eigenvalue weighted by atomic mass is 16.5. The third-order valence-electron chi connectivity index (χ3n) is 9.18. The van der Waals surface area contributed by atoms with Crippen LogP contribution in [0.3, 0.4) is 0 Å². The number of ether oxygens (including phenoxy) is 1. The largest absolute Gasteiger partial charge is 0.384 e. The van der Waals surface area contributed by atoms with E-state index in [1.807, 2.05) is 21.0 Å². The van der Waals surface area contributed by atoms with Gasteiger partial charge in [0.2, 0.25) is 0 Å². The summed E-state index contributed by atoms with van der Waals surface area (Å²) in [4.78, 5) is 0. The maximum Gasteiger partial charge on any atom is 0.0653 e. The molecule has 4 saturated carbocycles. The second kappa shape index (κ2) is 9.02.